The molecule has 0 radical (unpaired) electrons. The molecule has 0 amide bonds. The van der Waals surface area contributed by atoms with Crippen molar-refractivity contribution in [2.75, 3.05) is 7.11 Å². The second-order valence-electron chi connectivity index (χ2n) is 5.44. The van der Waals surface area contributed by atoms with Crippen LogP contribution in [0.2, 0.25) is 0 Å². The lowest BCUT2D eigenvalue weighted by atomic mass is 9.75. The third-order valence-electron chi connectivity index (χ3n) is 3.93. The number of aliphatic hydroxyl groups is 1. The zero-order chi connectivity index (χ0) is 15.0. The Morgan fingerprint density at radius 1 is 1.55 bits per heavy atom. The number of aliphatic hydroxyl groups excluding tert-OH is 1. The van der Waals surface area contributed by atoms with Gasteiger partial charge in [0.05, 0.1) is 10.5 Å². The van der Waals surface area contributed by atoms with Crippen molar-refractivity contribution in [2.24, 2.45) is 5.92 Å². The fraction of sp³-hybridized carbons (Fsp3) is 0.769. The number of nitrogens with zero attached hydrogens (tertiary/aromatic N) is 1. The monoisotopic (exact) mass is 309 g/mol. The predicted octanol–water partition coefficient (Wildman–Crippen LogP) is 3.79. The average molecular weight is 309 g/mol. The first kappa shape index (κ1) is 15.7. The van der Waals surface area contributed by atoms with Gasteiger partial charge in [0, 0.05) is 13.3 Å². The first-order chi connectivity index (χ1) is 9.28. The molecule has 1 N–H and O–H groups in total. The SMILES string of the molecule is COC1(C(O)c2cnc(C(F)(F)F)s2)CCCC(C)C1. The van der Waals surface area contributed by atoms with Gasteiger partial charge in [-0.1, -0.05) is 19.8 Å². The highest BCUT2D eigenvalue weighted by Crippen LogP contribution is 2.45. The van der Waals surface area contributed by atoms with Gasteiger partial charge in [-0.05, 0) is 18.8 Å². The van der Waals surface area contributed by atoms with Crippen LogP contribution in [-0.2, 0) is 10.9 Å². The molecule has 2 rings (SSSR count). The van der Waals surface area contributed by atoms with Gasteiger partial charge in [-0.25, -0.2) is 4.98 Å². The Kier molecular flexibility index (Phi) is 4.41. The van der Waals surface area contributed by atoms with Crippen molar-refractivity contribution in [1.29, 1.82) is 0 Å². The lowest BCUT2D eigenvalue weighted by Crippen LogP contribution is -2.42. The highest BCUT2D eigenvalue weighted by atomic mass is 32.1. The van der Waals surface area contributed by atoms with Gasteiger partial charge in [0.2, 0.25) is 0 Å². The highest BCUT2D eigenvalue weighted by molar-refractivity contribution is 7.11. The number of methoxy groups -OCH3 is 1. The minimum absolute atomic E-state index is 0.216. The molecule has 3 unspecified atom stereocenters. The maximum absolute atomic E-state index is 12.6. The molecule has 1 aliphatic carbocycles. The van der Waals surface area contributed by atoms with Gasteiger partial charge in [-0.2, -0.15) is 13.2 Å². The molecule has 1 aliphatic rings. The van der Waals surface area contributed by atoms with Gasteiger partial charge in [-0.15, -0.1) is 11.3 Å². The summed E-state index contributed by atoms with van der Waals surface area (Å²) in [5.41, 5.74) is -0.799. The normalized spacial score (nSPS) is 29.4. The van der Waals surface area contributed by atoms with Crippen molar-refractivity contribution >= 4 is 11.3 Å². The Labute approximate surface area is 119 Å². The summed E-state index contributed by atoms with van der Waals surface area (Å²) < 4.78 is 43.3. The summed E-state index contributed by atoms with van der Waals surface area (Å²) in [6.07, 6.45) is -1.19. The number of aromatic nitrogens is 1. The third kappa shape index (κ3) is 2.99. The van der Waals surface area contributed by atoms with Crippen LogP contribution in [0.25, 0.3) is 0 Å². The van der Waals surface area contributed by atoms with E-state index in [0.717, 1.165) is 19.0 Å². The molecule has 7 heteroatoms. The fourth-order valence-corrected chi connectivity index (χ4v) is 3.77. The molecule has 1 heterocycles. The minimum atomic E-state index is -4.47. The summed E-state index contributed by atoms with van der Waals surface area (Å²) in [6.45, 7) is 2.06. The van der Waals surface area contributed by atoms with Crippen LogP contribution in [0.5, 0.6) is 0 Å². The van der Waals surface area contributed by atoms with Gasteiger partial charge in [-0.3, -0.25) is 0 Å². The smallest absolute Gasteiger partial charge is 0.384 e. The van der Waals surface area contributed by atoms with Crippen LogP contribution in [-0.4, -0.2) is 22.8 Å². The number of hydrogen-bond donors (Lipinski definition) is 1. The Hall–Kier alpha value is -0.660. The molecule has 0 saturated heterocycles. The lowest BCUT2D eigenvalue weighted by molar-refractivity contribution is -0.137. The predicted molar refractivity (Wildman–Crippen MR) is 69.4 cm³/mol. The quantitative estimate of drug-likeness (QED) is 0.923. The zero-order valence-electron chi connectivity index (χ0n) is 11.4. The second-order valence-corrected chi connectivity index (χ2v) is 6.50. The highest BCUT2D eigenvalue weighted by Gasteiger charge is 2.44. The number of hydrogen-bond acceptors (Lipinski definition) is 4. The molecule has 0 bridgehead atoms. The minimum Gasteiger partial charge on any atom is -0.384 e. The largest absolute Gasteiger partial charge is 0.443 e. The molecule has 0 spiro atoms. The van der Waals surface area contributed by atoms with Crippen LogP contribution in [0.1, 0.15) is 48.6 Å². The van der Waals surface area contributed by atoms with Gasteiger partial charge < -0.3 is 9.84 Å². The number of rotatable bonds is 3. The summed E-state index contributed by atoms with van der Waals surface area (Å²) in [5, 5.41) is 9.54. The summed E-state index contributed by atoms with van der Waals surface area (Å²) in [4.78, 5) is 3.58. The van der Waals surface area contributed by atoms with Crippen LogP contribution in [0.3, 0.4) is 0 Å². The van der Waals surface area contributed by atoms with Crippen molar-refractivity contribution < 1.29 is 23.0 Å². The summed E-state index contributed by atoms with van der Waals surface area (Å²) in [7, 11) is 1.51. The van der Waals surface area contributed by atoms with Crippen LogP contribution in [0.15, 0.2) is 6.20 Å². The molecule has 3 atom stereocenters. The molecule has 1 aromatic heterocycles. The van der Waals surface area contributed by atoms with Crippen LogP contribution < -0.4 is 0 Å². The third-order valence-corrected chi connectivity index (χ3v) is 5.03. The Morgan fingerprint density at radius 2 is 2.25 bits per heavy atom. The Balaban J connectivity index is 2.24. The van der Waals surface area contributed by atoms with Crippen LogP contribution in [0, 0.1) is 5.92 Å². The maximum atomic E-state index is 12.6. The van der Waals surface area contributed by atoms with E-state index in [1.165, 1.54) is 7.11 Å². The molecule has 0 aliphatic heterocycles. The van der Waals surface area contributed by atoms with Gasteiger partial charge >= 0.3 is 6.18 Å². The van der Waals surface area contributed by atoms with Crippen LogP contribution in [0.4, 0.5) is 13.2 Å². The van der Waals surface area contributed by atoms with E-state index < -0.39 is 22.9 Å². The van der Waals surface area contributed by atoms with Crippen molar-refractivity contribution in [2.45, 2.75) is 50.5 Å². The van der Waals surface area contributed by atoms with E-state index in [1.54, 1.807) is 0 Å². The average Bonchev–Trinajstić information content (AvgIpc) is 2.87. The van der Waals surface area contributed by atoms with E-state index in [0.29, 0.717) is 30.1 Å². The molecule has 20 heavy (non-hydrogen) atoms. The number of thiazole rings is 1. The van der Waals surface area contributed by atoms with Gasteiger partial charge in [0.15, 0.2) is 5.01 Å². The molecule has 114 valence electrons. The van der Waals surface area contributed by atoms with Gasteiger partial charge in [0.1, 0.15) is 6.10 Å². The first-order valence-corrected chi connectivity index (χ1v) is 7.36. The van der Waals surface area contributed by atoms with Crippen molar-refractivity contribution in [3.63, 3.8) is 0 Å². The van der Waals surface area contributed by atoms with Crippen molar-refractivity contribution in [3.8, 4) is 0 Å². The number of ether oxygens (including phenoxy) is 1. The molecule has 1 aromatic rings. The first-order valence-electron chi connectivity index (χ1n) is 6.54. The fourth-order valence-electron chi connectivity index (χ4n) is 2.89. The van der Waals surface area contributed by atoms with E-state index in [9.17, 15) is 18.3 Å². The Bertz CT molecular complexity index is 463. The molecule has 3 nitrogen and oxygen atoms in total. The second kappa shape index (κ2) is 5.61. The van der Waals surface area contributed by atoms with Gasteiger partial charge in [0.25, 0.3) is 0 Å². The molecule has 1 saturated carbocycles. The number of halogens is 3. The molecule has 0 aromatic carbocycles. The number of alkyl halides is 3. The summed E-state index contributed by atoms with van der Waals surface area (Å²) >= 11 is 0.491. The Morgan fingerprint density at radius 3 is 2.75 bits per heavy atom. The lowest BCUT2D eigenvalue weighted by Gasteiger charge is -2.41. The topological polar surface area (TPSA) is 42.4 Å². The van der Waals surface area contributed by atoms with E-state index in [4.69, 9.17) is 4.74 Å². The summed E-state index contributed by atoms with van der Waals surface area (Å²) in [6, 6.07) is 0. The maximum Gasteiger partial charge on any atom is 0.443 e. The van der Waals surface area contributed by atoms with Crippen LogP contribution >= 0.6 is 11.3 Å². The van der Waals surface area contributed by atoms with E-state index >= 15 is 0 Å². The molecular formula is C13H18F3NO2S. The van der Waals surface area contributed by atoms with Crippen molar-refractivity contribution in [1.82, 2.24) is 4.98 Å². The van der Waals surface area contributed by atoms with E-state index in [2.05, 4.69) is 11.9 Å². The molecule has 1 fully saturated rings. The molecular weight excluding hydrogens is 291 g/mol. The van der Waals surface area contributed by atoms with E-state index in [-0.39, 0.29) is 4.88 Å². The van der Waals surface area contributed by atoms with Crippen molar-refractivity contribution in [3.05, 3.63) is 16.1 Å². The van der Waals surface area contributed by atoms with E-state index in [1.807, 2.05) is 0 Å². The standard InChI is InChI=1S/C13H18F3NO2S/c1-8-4-3-5-12(6-8,19-2)10(18)9-7-17-11(20-9)13(14,15)16/h7-8,10,18H,3-6H2,1-2H3. The zero-order valence-corrected chi connectivity index (χ0v) is 12.2. The summed E-state index contributed by atoms with van der Waals surface area (Å²) in [5.74, 6) is 0.383.